The van der Waals surface area contributed by atoms with Crippen molar-refractivity contribution in [2.75, 3.05) is 19.8 Å². The van der Waals surface area contributed by atoms with Gasteiger partial charge in [-0.15, -0.1) is 0 Å². The van der Waals surface area contributed by atoms with E-state index in [1.165, 1.54) is 0 Å². The van der Waals surface area contributed by atoms with Crippen LogP contribution in [0.15, 0.2) is 12.3 Å². The fourth-order valence-electron chi connectivity index (χ4n) is 0.680. The van der Waals surface area contributed by atoms with E-state index in [1.54, 1.807) is 6.92 Å². The molecule has 2 N–H and O–H groups in total. The number of aliphatic hydroxyl groups excluding tert-OH is 1. The van der Waals surface area contributed by atoms with Crippen molar-refractivity contribution in [2.45, 2.75) is 19.8 Å². The van der Waals surface area contributed by atoms with Gasteiger partial charge in [-0.1, -0.05) is 13.5 Å². The Morgan fingerprint density at radius 1 is 1.54 bits per heavy atom. The van der Waals surface area contributed by atoms with E-state index in [0.29, 0.717) is 32.6 Å². The lowest BCUT2D eigenvalue weighted by Gasteiger charge is -2.04. The Kier molecular flexibility index (Phi) is 7.01. The van der Waals surface area contributed by atoms with Crippen molar-refractivity contribution in [3.8, 4) is 0 Å². The van der Waals surface area contributed by atoms with Crippen LogP contribution in [0, 0.1) is 0 Å². The van der Waals surface area contributed by atoms with Gasteiger partial charge in [-0.25, -0.2) is 0 Å². The number of hydrogen-bond donors (Lipinski definition) is 2. The van der Waals surface area contributed by atoms with E-state index < -0.39 is 0 Å². The molecule has 0 spiro atoms. The molecule has 0 aliphatic rings. The molecule has 4 nitrogen and oxygen atoms in total. The highest BCUT2D eigenvalue weighted by Crippen LogP contribution is 1.91. The Balaban J connectivity index is 3.08. The highest BCUT2D eigenvalue weighted by atomic mass is 16.5. The third-order valence-electron chi connectivity index (χ3n) is 1.42. The van der Waals surface area contributed by atoms with Crippen molar-refractivity contribution in [3.05, 3.63) is 12.3 Å². The van der Waals surface area contributed by atoms with Crippen molar-refractivity contribution >= 4 is 5.91 Å². The lowest BCUT2D eigenvalue weighted by Crippen LogP contribution is -2.26. The standard InChI is InChI=1S/C9H17NO3/c1-3-9(12)10-5-7-13-6-4-8(2)11/h11H,2-7H2,1H3,(H,10,12). The van der Waals surface area contributed by atoms with Crippen LogP contribution in [0.3, 0.4) is 0 Å². The van der Waals surface area contributed by atoms with Crippen LogP contribution in [-0.4, -0.2) is 30.8 Å². The van der Waals surface area contributed by atoms with Gasteiger partial charge in [0.15, 0.2) is 0 Å². The summed E-state index contributed by atoms with van der Waals surface area (Å²) in [4.78, 5) is 10.7. The van der Waals surface area contributed by atoms with Gasteiger partial charge < -0.3 is 15.2 Å². The van der Waals surface area contributed by atoms with Gasteiger partial charge in [-0.3, -0.25) is 4.79 Å². The van der Waals surface area contributed by atoms with Crippen LogP contribution in [0.1, 0.15) is 19.8 Å². The fourth-order valence-corrected chi connectivity index (χ4v) is 0.680. The Morgan fingerprint density at radius 3 is 2.77 bits per heavy atom. The normalized spacial score (nSPS) is 9.62. The van der Waals surface area contributed by atoms with Gasteiger partial charge >= 0.3 is 0 Å². The molecule has 1 amide bonds. The van der Waals surface area contributed by atoms with Crippen LogP contribution in [0.2, 0.25) is 0 Å². The first-order valence-electron chi connectivity index (χ1n) is 4.38. The molecule has 0 saturated heterocycles. The van der Waals surface area contributed by atoms with Crippen LogP contribution in [0.25, 0.3) is 0 Å². The molecule has 0 bridgehead atoms. The average Bonchev–Trinajstić information content (AvgIpc) is 2.10. The van der Waals surface area contributed by atoms with Gasteiger partial charge in [0.25, 0.3) is 0 Å². The predicted octanol–water partition coefficient (Wildman–Crippen LogP) is 0.991. The summed E-state index contributed by atoms with van der Waals surface area (Å²) < 4.78 is 5.10. The largest absolute Gasteiger partial charge is 0.513 e. The third kappa shape index (κ3) is 8.88. The van der Waals surface area contributed by atoms with Gasteiger partial charge in [-0.05, 0) is 0 Å². The molecule has 0 aliphatic carbocycles. The molecule has 0 fully saturated rings. The maximum atomic E-state index is 10.7. The van der Waals surface area contributed by atoms with Crippen LogP contribution in [-0.2, 0) is 9.53 Å². The van der Waals surface area contributed by atoms with Gasteiger partial charge in [0, 0.05) is 19.4 Å². The van der Waals surface area contributed by atoms with Gasteiger partial charge in [0.2, 0.25) is 5.91 Å². The Hall–Kier alpha value is -1.03. The fraction of sp³-hybridized carbons (Fsp3) is 0.667. The number of ether oxygens (including phenoxy) is 1. The molecule has 0 atom stereocenters. The molecule has 0 rings (SSSR count). The second-order valence-corrected chi connectivity index (χ2v) is 2.63. The molecule has 4 heteroatoms. The van der Waals surface area contributed by atoms with Gasteiger partial charge in [-0.2, -0.15) is 0 Å². The summed E-state index contributed by atoms with van der Waals surface area (Å²) in [7, 11) is 0. The van der Waals surface area contributed by atoms with Crippen LogP contribution in [0.4, 0.5) is 0 Å². The van der Waals surface area contributed by atoms with Gasteiger partial charge in [0.05, 0.1) is 19.0 Å². The molecule has 0 unspecified atom stereocenters. The second kappa shape index (κ2) is 7.61. The first-order valence-corrected chi connectivity index (χ1v) is 4.38. The van der Waals surface area contributed by atoms with E-state index in [1.807, 2.05) is 0 Å². The van der Waals surface area contributed by atoms with E-state index in [9.17, 15) is 4.79 Å². The summed E-state index contributed by atoms with van der Waals surface area (Å²) in [5.74, 6) is 0.146. The Bertz CT molecular complexity index is 168. The monoisotopic (exact) mass is 187 g/mol. The minimum absolute atomic E-state index is 0.0233. The highest BCUT2D eigenvalue weighted by molar-refractivity contribution is 5.75. The molecule has 0 aromatic heterocycles. The van der Waals surface area contributed by atoms with E-state index in [2.05, 4.69) is 11.9 Å². The number of hydrogen-bond acceptors (Lipinski definition) is 3. The summed E-state index contributed by atoms with van der Waals surface area (Å²) in [6.07, 6.45) is 0.940. The van der Waals surface area contributed by atoms with Crippen LogP contribution < -0.4 is 5.32 Å². The summed E-state index contributed by atoms with van der Waals surface area (Å²) in [5, 5.41) is 11.4. The number of rotatable bonds is 7. The van der Waals surface area contributed by atoms with E-state index in [-0.39, 0.29) is 11.7 Å². The van der Waals surface area contributed by atoms with Crippen LogP contribution >= 0.6 is 0 Å². The van der Waals surface area contributed by atoms with Crippen molar-refractivity contribution in [1.82, 2.24) is 5.32 Å². The lowest BCUT2D eigenvalue weighted by atomic mass is 10.4. The molecule has 0 aromatic rings. The number of amides is 1. The van der Waals surface area contributed by atoms with Crippen molar-refractivity contribution in [3.63, 3.8) is 0 Å². The molecule has 0 aliphatic heterocycles. The number of aliphatic hydroxyl groups is 1. The first kappa shape index (κ1) is 12.0. The summed E-state index contributed by atoms with van der Waals surface area (Å²) in [6, 6.07) is 0. The summed E-state index contributed by atoms with van der Waals surface area (Å²) >= 11 is 0. The molecule has 0 radical (unpaired) electrons. The third-order valence-corrected chi connectivity index (χ3v) is 1.42. The smallest absolute Gasteiger partial charge is 0.219 e. The quantitative estimate of drug-likeness (QED) is 0.461. The first-order chi connectivity index (χ1) is 6.16. The Labute approximate surface area is 78.6 Å². The van der Waals surface area contributed by atoms with Crippen molar-refractivity contribution in [1.29, 1.82) is 0 Å². The molecule has 13 heavy (non-hydrogen) atoms. The second-order valence-electron chi connectivity index (χ2n) is 2.63. The topological polar surface area (TPSA) is 58.6 Å². The molecule has 76 valence electrons. The zero-order chi connectivity index (χ0) is 10.1. The molecular formula is C9H17NO3. The van der Waals surface area contributed by atoms with Crippen molar-refractivity contribution < 1.29 is 14.6 Å². The number of carbonyl (C=O) groups is 1. The molecule has 0 saturated carbocycles. The highest BCUT2D eigenvalue weighted by Gasteiger charge is 1.95. The molecule has 0 aromatic carbocycles. The maximum absolute atomic E-state index is 10.7. The lowest BCUT2D eigenvalue weighted by molar-refractivity contribution is -0.121. The number of nitrogens with one attached hydrogen (secondary N) is 1. The van der Waals surface area contributed by atoms with E-state index in [4.69, 9.17) is 9.84 Å². The zero-order valence-corrected chi connectivity index (χ0v) is 8.01. The maximum Gasteiger partial charge on any atom is 0.219 e. The molecule has 0 heterocycles. The molecular weight excluding hydrogens is 170 g/mol. The summed E-state index contributed by atoms with van der Waals surface area (Å²) in [5.41, 5.74) is 0. The number of carbonyl (C=O) groups excluding carboxylic acids is 1. The van der Waals surface area contributed by atoms with E-state index in [0.717, 1.165) is 0 Å². The SMILES string of the molecule is C=C(O)CCOCCNC(=O)CC. The van der Waals surface area contributed by atoms with E-state index >= 15 is 0 Å². The van der Waals surface area contributed by atoms with Crippen molar-refractivity contribution in [2.24, 2.45) is 0 Å². The minimum Gasteiger partial charge on any atom is -0.513 e. The Morgan fingerprint density at radius 2 is 2.23 bits per heavy atom. The zero-order valence-electron chi connectivity index (χ0n) is 8.01. The summed E-state index contributed by atoms with van der Waals surface area (Å²) in [6.45, 7) is 6.55. The minimum atomic E-state index is 0.0233. The average molecular weight is 187 g/mol. The van der Waals surface area contributed by atoms with Gasteiger partial charge in [0.1, 0.15) is 0 Å². The predicted molar refractivity (Wildman–Crippen MR) is 50.5 cm³/mol. The van der Waals surface area contributed by atoms with Crippen LogP contribution in [0.5, 0.6) is 0 Å².